The third-order valence-electron chi connectivity index (χ3n) is 4.38. The fourth-order valence-corrected chi connectivity index (χ4v) is 3.10. The monoisotopic (exact) mass is 212 g/mol. The number of esters is 1. The van der Waals surface area contributed by atoms with Gasteiger partial charge in [0.2, 0.25) is 0 Å². The Morgan fingerprint density at radius 3 is 2.33 bits per heavy atom. The first-order valence-electron chi connectivity index (χ1n) is 5.58. The van der Waals surface area contributed by atoms with E-state index in [0.29, 0.717) is 0 Å². The summed E-state index contributed by atoms with van der Waals surface area (Å²) in [5.41, 5.74) is -0.0777. The van der Waals surface area contributed by atoms with Gasteiger partial charge in [-0.2, -0.15) is 0 Å². The molecule has 3 unspecified atom stereocenters. The summed E-state index contributed by atoms with van der Waals surface area (Å²) in [6.07, 6.45) is 1.73. The summed E-state index contributed by atoms with van der Waals surface area (Å²) >= 11 is 0. The Bertz CT molecular complexity index is 310. The van der Waals surface area contributed by atoms with E-state index in [1.54, 1.807) is 0 Å². The van der Waals surface area contributed by atoms with Crippen LogP contribution in [0, 0.1) is 5.41 Å². The van der Waals surface area contributed by atoms with Gasteiger partial charge in [-0.1, -0.05) is 13.8 Å². The molecule has 2 aliphatic rings. The van der Waals surface area contributed by atoms with E-state index >= 15 is 0 Å². The Balaban J connectivity index is 2.15. The van der Waals surface area contributed by atoms with Crippen molar-refractivity contribution in [2.75, 3.05) is 0 Å². The molecule has 2 fully saturated rings. The molecule has 0 aromatic rings. The zero-order valence-electron chi connectivity index (χ0n) is 10.2. The van der Waals surface area contributed by atoms with Gasteiger partial charge in [0.15, 0.2) is 0 Å². The lowest BCUT2D eigenvalue weighted by Crippen LogP contribution is -2.46. The van der Waals surface area contributed by atoms with Gasteiger partial charge in [-0.15, -0.1) is 0 Å². The molecule has 1 aliphatic heterocycles. The first kappa shape index (κ1) is 10.9. The molecule has 3 atom stereocenters. The van der Waals surface area contributed by atoms with Gasteiger partial charge in [0.1, 0.15) is 11.7 Å². The summed E-state index contributed by atoms with van der Waals surface area (Å²) in [5.74, 6) is -0.191. The number of hydrogen-bond acceptors (Lipinski definition) is 3. The Labute approximate surface area is 91.1 Å². The summed E-state index contributed by atoms with van der Waals surface area (Å²) in [4.78, 5) is 11.0. The number of carbonyl (C=O) groups is 1. The van der Waals surface area contributed by atoms with E-state index in [2.05, 4.69) is 27.7 Å². The SMILES string of the molecule is CC(=O)OC1CC(C)(C)C2(C)OC2(C)C1. The molecular weight excluding hydrogens is 192 g/mol. The van der Waals surface area contributed by atoms with Crippen LogP contribution in [-0.2, 0) is 14.3 Å². The van der Waals surface area contributed by atoms with Crippen LogP contribution < -0.4 is 0 Å². The minimum atomic E-state index is -0.191. The normalized spacial score (nSPS) is 46.9. The summed E-state index contributed by atoms with van der Waals surface area (Å²) in [6.45, 7) is 10.1. The first-order valence-corrected chi connectivity index (χ1v) is 5.58. The Morgan fingerprint density at radius 2 is 1.87 bits per heavy atom. The van der Waals surface area contributed by atoms with Crippen LogP contribution in [0.3, 0.4) is 0 Å². The highest BCUT2D eigenvalue weighted by Gasteiger charge is 2.73. The second-order valence-electron chi connectivity index (χ2n) is 5.89. The Morgan fingerprint density at radius 1 is 1.27 bits per heavy atom. The van der Waals surface area contributed by atoms with Gasteiger partial charge >= 0.3 is 5.97 Å². The standard InChI is InChI=1S/C12H20O3/c1-8(13)14-9-6-10(2,3)12(5)11(4,7-9)15-12/h9H,6-7H2,1-5H3. The molecule has 0 N–H and O–H groups in total. The van der Waals surface area contributed by atoms with Gasteiger partial charge in [0.05, 0.1) is 5.60 Å². The molecule has 0 aromatic heterocycles. The molecule has 0 aromatic carbocycles. The molecule has 1 aliphatic carbocycles. The highest BCUT2D eigenvalue weighted by molar-refractivity contribution is 5.66. The van der Waals surface area contributed by atoms with E-state index < -0.39 is 0 Å². The maximum absolute atomic E-state index is 11.0. The van der Waals surface area contributed by atoms with E-state index in [-0.39, 0.29) is 28.7 Å². The molecule has 3 heteroatoms. The summed E-state index contributed by atoms with van der Waals surface area (Å²) in [7, 11) is 0. The number of rotatable bonds is 1. The molecule has 0 bridgehead atoms. The van der Waals surface area contributed by atoms with Crippen LogP contribution >= 0.6 is 0 Å². The molecule has 15 heavy (non-hydrogen) atoms. The average Bonchev–Trinajstić information content (AvgIpc) is 2.51. The summed E-state index contributed by atoms with van der Waals surface area (Å²) in [6, 6.07) is 0. The highest BCUT2D eigenvalue weighted by atomic mass is 16.6. The lowest BCUT2D eigenvalue weighted by atomic mass is 9.64. The van der Waals surface area contributed by atoms with E-state index in [1.165, 1.54) is 6.92 Å². The van der Waals surface area contributed by atoms with Gasteiger partial charge in [-0.25, -0.2) is 0 Å². The number of carbonyl (C=O) groups excluding carboxylic acids is 1. The molecule has 2 rings (SSSR count). The predicted octanol–water partition coefficient (Wildman–Crippen LogP) is 2.29. The molecule has 0 amide bonds. The smallest absolute Gasteiger partial charge is 0.302 e. The average molecular weight is 212 g/mol. The molecule has 1 saturated carbocycles. The molecule has 1 heterocycles. The Kier molecular flexibility index (Phi) is 2.01. The quantitative estimate of drug-likeness (QED) is 0.494. The zero-order valence-corrected chi connectivity index (χ0v) is 10.2. The minimum absolute atomic E-state index is 0.0121. The van der Waals surface area contributed by atoms with Crippen molar-refractivity contribution in [2.24, 2.45) is 5.41 Å². The van der Waals surface area contributed by atoms with Gasteiger partial charge in [-0.05, 0) is 25.7 Å². The second kappa shape index (κ2) is 2.76. The van der Waals surface area contributed by atoms with Crippen LogP contribution in [0.1, 0.15) is 47.5 Å². The van der Waals surface area contributed by atoms with Gasteiger partial charge in [0.25, 0.3) is 0 Å². The zero-order chi connectivity index (χ0) is 11.5. The van der Waals surface area contributed by atoms with Crippen LogP contribution in [0.4, 0.5) is 0 Å². The molecular formula is C12H20O3. The fraction of sp³-hybridized carbons (Fsp3) is 0.917. The molecule has 86 valence electrons. The minimum Gasteiger partial charge on any atom is -0.462 e. The lowest BCUT2D eigenvalue weighted by Gasteiger charge is -2.39. The van der Waals surface area contributed by atoms with E-state index in [1.807, 2.05) is 0 Å². The molecule has 3 nitrogen and oxygen atoms in total. The number of hydrogen-bond donors (Lipinski definition) is 0. The maximum Gasteiger partial charge on any atom is 0.302 e. The number of epoxide rings is 1. The number of fused-ring (bicyclic) bond motifs is 1. The first-order chi connectivity index (χ1) is 6.70. The van der Waals surface area contributed by atoms with Crippen molar-refractivity contribution in [1.29, 1.82) is 0 Å². The lowest BCUT2D eigenvalue weighted by molar-refractivity contribution is -0.150. The van der Waals surface area contributed by atoms with Crippen molar-refractivity contribution in [3.8, 4) is 0 Å². The van der Waals surface area contributed by atoms with E-state index in [4.69, 9.17) is 9.47 Å². The fourth-order valence-electron chi connectivity index (χ4n) is 3.10. The van der Waals surface area contributed by atoms with E-state index in [0.717, 1.165) is 12.8 Å². The van der Waals surface area contributed by atoms with Gasteiger partial charge in [0, 0.05) is 13.3 Å². The van der Waals surface area contributed by atoms with Gasteiger partial charge in [-0.3, -0.25) is 4.79 Å². The third-order valence-corrected chi connectivity index (χ3v) is 4.38. The molecule has 0 radical (unpaired) electrons. The molecule has 1 saturated heterocycles. The largest absolute Gasteiger partial charge is 0.462 e. The molecule has 0 spiro atoms. The van der Waals surface area contributed by atoms with Crippen molar-refractivity contribution in [3.05, 3.63) is 0 Å². The highest BCUT2D eigenvalue weighted by Crippen LogP contribution is 2.65. The van der Waals surface area contributed by atoms with Crippen LogP contribution in [0.25, 0.3) is 0 Å². The Hall–Kier alpha value is -0.570. The van der Waals surface area contributed by atoms with E-state index in [9.17, 15) is 4.79 Å². The van der Waals surface area contributed by atoms with Crippen LogP contribution in [0.15, 0.2) is 0 Å². The van der Waals surface area contributed by atoms with Gasteiger partial charge < -0.3 is 9.47 Å². The van der Waals surface area contributed by atoms with Crippen molar-refractivity contribution in [3.63, 3.8) is 0 Å². The number of ether oxygens (including phenoxy) is 2. The summed E-state index contributed by atoms with van der Waals surface area (Å²) < 4.78 is 11.2. The van der Waals surface area contributed by atoms with Crippen molar-refractivity contribution in [2.45, 2.75) is 64.8 Å². The van der Waals surface area contributed by atoms with Crippen molar-refractivity contribution < 1.29 is 14.3 Å². The maximum atomic E-state index is 11.0. The summed E-state index contributed by atoms with van der Waals surface area (Å²) in [5, 5.41) is 0. The second-order valence-corrected chi connectivity index (χ2v) is 5.89. The predicted molar refractivity (Wildman–Crippen MR) is 56.5 cm³/mol. The third kappa shape index (κ3) is 1.40. The topological polar surface area (TPSA) is 38.8 Å². The van der Waals surface area contributed by atoms with Crippen LogP contribution in [0.2, 0.25) is 0 Å². The van der Waals surface area contributed by atoms with Crippen molar-refractivity contribution in [1.82, 2.24) is 0 Å². The van der Waals surface area contributed by atoms with Crippen LogP contribution in [-0.4, -0.2) is 23.3 Å². The van der Waals surface area contributed by atoms with Crippen LogP contribution in [0.5, 0.6) is 0 Å². The van der Waals surface area contributed by atoms with Crippen molar-refractivity contribution >= 4 is 5.97 Å².